The molecule has 0 spiro atoms. The molecule has 2 aromatic rings. The number of aryl methyl sites for hydroxylation is 2. The number of hydrogen-bond donors (Lipinski definition) is 2. The van der Waals surface area contributed by atoms with Crippen molar-refractivity contribution in [2.45, 2.75) is 39.7 Å². The summed E-state index contributed by atoms with van der Waals surface area (Å²) >= 11 is 0. The van der Waals surface area contributed by atoms with E-state index in [2.05, 4.69) is 16.3 Å². The fourth-order valence-electron chi connectivity index (χ4n) is 4.05. The molecule has 3 rings (SSSR count). The van der Waals surface area contributed by atoms with Gasteiger partial charge >= 0.3 is 5.97 Å². The Bertz CT molecular complexity index is 913. The first-order valence-corrected chi connectivity index (χ1v) is 9.27. The Hall–Kier alpha value is -2.71. The van der Waals surface area contributed by atoms with Gasteiger partial charge in [0.2, 0.25) is 0 Å². The van der Waals surface area contributed by atoms with E-state index >= 15 is 0 Å². The molecule has 0 amide bonds. The number of anilines is 2. The molecule has 0 aromatic heterocycles. The number of halogens is 1. The number of nitriles is 1. The number of benzene rings is 2. The Balaban J connectivity index is 0.00000280. The molecule has 0 radical (unpaired) electrons. The van der Waals surface area contributed by atoms with Gasteiger partial charge in [-0.2, -0.15) is 5.26 Å². The Morgan fingerprint density at radius 1 is 1.18 bits per heavy atom. The Kier molecular flexibility index (Phi) is 6.93. The SMILES string of the molecule is Cc1cc(C)c(C(=O)O)c(C)c1NC1CCN(c2ccccc2C#N)CC1.Cl. The minimum Gasteiger partial charge on any atom is -0.478 e. The van der Waals surface area contributed by atoms with Gasteiger partial charge in [0.1, 0.15) is 6.07 Å². The molecule has 0 aliphatic carbocycles. The van der Waals surface area contributed by atoms with Crippen LogP contribution >= 0.6 is 12.4 Å². The molecule has 0 unspecified atom stereocenters. The monoisotopic (exact) mass is 399 g/mol. The van der Waals surface area contributed by atoms with Crippen molar-refractivity contribution in [2.75, 3.05) is 23.3 Å². The zero-order valence-electron chi connectivity index (χ0n) is 16.5. The maximum absolute atomic E-state index is 11.6. The normalized spacial score (nSPS) is 14.1. The Morgan fingerprint density at radius 2 is 1.82 bits per heavy atom. The highest BCUT2D eigenvalue weighted by Crippen LogP contribution is 2.30. The maximum Gasteiger partial charge on any atom is 0.336 e. The first-order chi connectivity index (χ1) is 12.9. The largest absolute Gasteiger partial charge is 0.478 e. The molecule has 0 bridgehead atoms. The van der Waals surface area contributed by atoms with Crippen molar-refractivity contribution in [2.24, 2.45) is 0 Å². The van der Waals surface area contributed by atoms with Crippen molar-refractivity contribution in [3.63, 3.8) is 0 Å². The van der Waals surface area contributed by atoms with Crippen LogP contribution in [-0.4, -0.2) is 30.2 Å². The fourth-order valence-corrected chi connectivity index (χ4v) is 4.05. The standard InChI is InChI=1S/C22H25N3O2.ClH/c1-14-12-15(2)21(16(3)20(14)22(26)27)24-18-8-10-25(11-9-18)19-7-5-4-6-17(19)13-23;/h4-7,12,18,24H,8-11H2,1-3H3,(H,26,27);1H. The molecule has 2 N–H and O–H groups in total. The highest BCUT2D eigenvalue weighted by Gasteiger charge is 2.23. The van der Waals surface area contributed by atoms with Crippen LogP contribution < -0.4 is 10.2 Å². The Morgan fingerprint density at radius 3 is 2.43 bits per heavy atom. The average molecular weight is 400 g/mol. The number of carboxylic acid groups (broad SMARTS) is 1. The third kappa shape index (κ3) is 4.23. The van der Waals surface area contributed by atoms with Gasteiger partial charge in [-0.3, -0.25) is 0 Å². The average Bonchev–Trinajstić information content (AvgIpc) is 2.65. The summed E-state index contributed by atoms with van der Waals surface area (Å²) < 4.78 is 0. The van der Waals surface area contributed by atoms with Crippen molar-refractivity contribution in [1.29, 1.82) is 5.26 Å². The third-order valence-corrected chi connectivity index (χ3v) is 5.39. The summed E-state index contributed by atoms with van der Waals surface area (Å²) in [6.07, 6.45) is 1.88. The molecule has 1 aliphatic heterocycles. The Labute approximate surface area is 172 Å². The van der Waals surface area contributed by atoms with Crippen molar-refractivity contribution in [1.82, 2.24) is 0 Å². The lowest BCUT2D eigenvalue weighted by Crippen LogP contribution is -2.39. The van der Waals surface area contributed by atoms with Crippen molar-refractivity contribution >= 4 is 29.8 Å². The second-order valence-electron chi connectivity index (χ2n) is 7.23. The molecule has 5 nitrogen and oxygen atoms in total. The number of rotatable bonds is 4. The predicted molar refractivity (Wildman–Crippen MR) is 115 cm³/mol. The number of carboxylic acids is 1. The second kappa shape index (κ2) is 8.99. The van der Waals surface area contributed by atoms with Crippen LogP contribution in [0.3, 0.4) is 0 Å². The second-order valence-corrected chi connectivity index (χ2v) is 7.23. The highest BCUT2D eigenvalue weighted by atomic mass is 35.5. The van der Waals surface area contributed by atoms with E-state index in [4.69, 9.17) is 0 Å². The van der Waals surface area contributed by atoms with Gasteiger partial charge in [0.25, 0.3) is 0 Å². The van der Waals surface area contributed by atoms with Gasteiger partial charge in [0, 0.05) is 24.8 Å². The minimum absolute atomic E-state index is 0. The number of para-hydroxylation sites is 1. The number of carbonyl (C=O) groups is 1. The molecule has 1 heterocycles. The lowest BCUT2D eigenvalue weighted by atomic mass is 9.95. The van der Waals surface area contributed by atoms with Crippen LogP contribution in [0.2, 0.25) is 0 Å². The van der Waals surface area contributed by atoms with Crippen LogP contribution in [-0.2, 0) is 0 Å². The fraction of sp³-hybridized carbons (Fsp3) is 0.364. The first kappa shape index (κ1) is 21.6. The quantitative estimate of drug-likeness (QED) is 0.780. The van der Waals surface area contributed by atoms with Crippen molar-refractivity contribution < 1.29 is 9.90 Å². The number of hydrogen-bond acceptors (Lipinski definition) is 4. The summed E-state index contributed by atoms with van der Waals surface area (Å²) in [6, 6.07) is 12.2. The molecular formula is C22H26ClN3O2. The number of nitrogens with zero attached hydrogens (tertiary/aromatic N) is 2. The van der Waals surface area contributed by atoms with Gasteiger partial charge in [-0.05, 0) is 62.4 Å². The molecule has 148 valence electrons. The molecule has 1 aliphatic rings. The van der Waals surface area contributed by atoms with Gasteiger partial charge < -0.3 is 15.3 Å². The number of aromatic carboxylic acids is 1. The lowest BCUT2D eigenvalue weighted by molar-refractivity contribution is 0.0695. The topological polar surface area (TPSA) is 76.4 Å². The van der Waals surface area contributed by atoms with E-state index in [1.165, 1.54) is 0 Å². The molecule has 28 heavy (non-hydrogen) atoms. The van der Waals surface area contributed by atoms with Crippen LogP contribution in [0.15, 0.2) is 30.3 Å². The van der Waals surface area contributed by atoms with Crippen molar-refractivity contribution in [3.8, 4) is 6.07 Å². The van der Waals surface area contributed by atoms with Crippen LogP contribution in [0.1, 0.15) is 45.5 Å². The highest BCUT2D eigenvalue weighted by molar-refractivity contribution is 5.93. The van der Waals surface area contributed by atoms with Crippen LogP contribution in [0.4, 0.5) is 11.4 Å². The summed E-state index contributed by atoms with van der Waals surface area (Å²) in [7, 11) is 0. The van der Waals surface area contributed by atoms with Gasteiger partial charge in [-0.1, -0.05) is 18.2 Å². The molecule has 0 atom stereocenters. The minimum atomic E-state index is -0.879. The third-order valence-electron chi connectivity index (χ3n) is 5.39. The maximum atomic E-state index is 11.6. The van der Waals surface area contributed by atoms with E-state index in [0.29, 0.717) is 11.1 Å². The molecule has 2 aromatic carbocycles. The molecule has 0 saturated carbocycles. The molecule has 1 fully saturated rings. The van der Waals surface area contributed by atoms with E-state index < -0.39 is 5.97 Å². The summed E-state index contributed by atoms with van der Waals surface area (Å²) in [4.78, 5) is 13.9. The van der Waals surface area contributed by atoms with Crippen LogP contribution in [0.25, 0.3) is 0 Å². The van der Waals surface area contributed by atoms with E-state index in [1.54, 1.807) is 0 Å². The van der Waals surface area contributed by atoms with Crippen molar-refractivity contribution in [3.05, 3.63) is 58.1 Å². The van der Waals surface area contributed by atoms with E-state index in [0.717, 1.165) is 54.0 Å². The summed E-state index contributed by atoms with van der Waals surface area (Å²) in [5.74, 6) is -0.879. The number of nitrogens with one attached hydrogen (secondary N) is 1. The van der Waals surface area contributed by atoms with E-state index in [9.17, 15) is 15.2 Å². The summed E-state index contributed by atoms with van der Waals surface area (Å²) in [5, 5.41) is 22.4. The van der Waals surface area contributed by atoms with Gasteiger partial charge in [-0.15, -0.1) is 12.4 Å². The molecule has 6 heteroatoms. The number of piperidine rings is 1. The smallest absolute Gasteiger partial charge is 0.336 e. The van der Waals surface area contributed by atoms with Gasteiger partial charge in [-0.25, -0.2) is 4.79 Å². The van der Waals surface area contributed by atoms with E-state index in [1.807, 2.05) is 51.1 Å². The summed E-state index contributed by atoms with van der Waals surface area (Å²) in [5.41, 5.74) is 5.71. The van der Waals surface area contributed by atoms with Crippen LogP contribution in [0.5, 0.6) is 0 Å². The lowest BCUT2D eigenvalue weighted by Gasteiger charge is -2.35. The molecule has 1 saturated heterocycles. The molecular weight excluding hydrogens is 374 g/mol. The van der Waals surface area contributed by atoms with E-state index in [-0.39, 0.29) is 18.4 Å². The van der Waals surface area contributed by atoms with Gasteiger partial charge in [0.05, 0.1) is 16.8 Å². The first-order valence-electron chi connectivity index (χ1n) is 9.27. The van der Waals surface area contributed by atoms with Gasteiger partial charge in [0.15, 0.2) is 0 Å². The van der Waals surface area contributed by atoms with Crippen LogP contribution in [0, 0.1) is 32.1 Å². The predicted octanol–water partition coefficient (Wildman–Crippen LogP) is 4.68. The zero-order valence-corrected chi connectivity index (χ0v) is 17.3. The summed E-state index contributed by atoms with van der Waals surface area (Å²) in [6.45, 7) is 7.48. The zero-order chi connectivity index (χ0) is 19.6.